The molecule has 2 aliphatic rings. The van der Waals surface area contributed by atoms with Gasteiger partial charge in [-0.1, -0.05) is 24.3 Å². The van der Waals surface area contributed by atoms with Crippen LogP contribution in [0, 0.1) is 5.92 Å². The van der Waals surface area contributed by atoms with Crippen molar-refractivity contribution < 1.29 is 9.53 Å². The molecule has 1 unspecified atom stereocenters. The first-order valence-electron chi connectivity index (χ1n) is 7.55. The highest BCUT2D eigenvalue weighted by Crippen LogP contribution is 2.26. The van der Waals surface area contributed by atoms with Crippen molar-refractivity contribution in [3.8, 4) is 0 Å². The van der Waals surface area contributed by atoms with Crippen LogP contribution >= 0.6 is 0 Å². The summed E-state index contributed by atoms with van der Waals surface area (Å²) < 4.78 is 5.15. The summed E-state index contributed by atoms with van der Waals surface area (Å²) in [5, 5.41) is 3.38. The third-order valence-corrected chi connectivity index (χ3v) is 4.32. The van der Waals surface area contributed by atoms with Crippen molar-refractivity contribution in [3.63, 3.8) is 0 Å². The van der Waals surface area contributed by atoms with E-state index in [4.69, 9.17) is 4.74 Å². The van der Waals surface area contributed by atoms with Crippen LogP contribution in [0.1, 0.15) is 12.0 Å². The number of carbonyl (C=O) groups is 1. The Labute approximate surface area is 125 Å². The Hall–Kier alpha value is -1.81. The number of nitrogens with one attached hydrogen (secondary N) is 1. The molecule has 0 saturated carbocycles. The second-order valence-corrected chi connectivity index (χ2v) is 5.77. The SMILES string of the molecule is COCC1=CCN(C(=O)C2CNc3ccccc3C2)CC1. The summed E-state index contributed by atoms with van der Waals surface area (Å²) >= 11 is 0. The number of hydrogen-bond acceptors (Lipinski definition) is 3. The second kappa shape index (κ2) is 6.31. The normalized spacial score (nSPS) is 21.3. The second-order valence-electron chi connectivity index (χ2n) is 5.77. The molecule has 0 fully saturated rings. The number of hydrogen-bond donors (Lipinski definition) is 1. The van der Waals surface area contributed by atoms with E-state index in [1.54, 1.807) is 7.11 Å². The highest BCUT2D eigenvalue weighted by Gasteiger charge is 2.28. The van der Waals surface area contributed by atoms with Gasteiger partial charge in [-0.25, -0.2) is 0 Å². The molecule has 1 N–H and O–H groups in total. The van der Waals surface area contributed by atoms with Crippen LogP contribution in [-0.4, -0.2) is 44.2 Å². The predicted octanol–water partition coefficient (Wildman–Crippen LogP) is 2.08. The van der Waals surface area contributed by atoms with E-state index in [0.29, 0.717) is 6.61 Å². The number of methoxy groups -OCH3 is 1. The summed E-state index contributed by atoms with van der Waals surface area (Å²) in [6, 6.07) is 8.25. The maximum atomic E-state index is 12.7. The molecular weight excluding hydrogens is 264 g/mol. The maximum Gasteiger partial charge on any atom is 0.228 e. The van der Waals surface area contributed by atoms with E-state index in [-0.39, 0.29) is 11.8 Å². The molecule has 112 valence electrons. The zero-order valence-electron chi connectivity index (χ0n) is 12.5. The summed E-state index contributed by atoms with van der Waals surface area (Å²) in [5.74, 6) is 0.321. The minimum absolute atomic E-state index is 0.0530. The Morgan fingerprint density at radius 1 is 1.43 bits per heavy atom. The molecule has 0 aliphatic carbocycles. The molecule has 0 bridgehead atoms. The molecule has 1 aromatic rings. The van der Waals surface area contributed by atoms with Crippen LogP contribution in [0.15, 0.2) is 35.9 Å². The first kappa shape index (κ1) is 14.1. The molecule has 0 aromatic heterocycles. The number of para-hydroxylation sites is 1. The Balaban J connectivity index is 1.62. The van der Waals surface area contributed by atoms with Gasteiger partial charge in [-0.3, -0.25) is 4.79 Å². The molecule has 1 atom stereocenters. The number of nitrogens with zero attached hydrogens (tertiary/aromatic N) is 1. The van der Waals surface area contributed by atoms with Crippen LogP contribution in [0.25, 0.3) is 0 Å². The summed E-state index contributed by atoms with van der Waals surface area (Å²) in [6.45, 7) is 2.95. The lowest BCUT2D eigenvalue weighted by Gasteiger charge is -2.32. The zero-order chi connectivity index (χ0) is 14.7. The van der Waals surface area contributed by atoms with E-state index in [0.717, 1.165) is 32.5 Å². The number of anilines is 1. The number of rotatable bonds is 3. The lowest BCUT2D eigenvalue weighted by Crippen LogP contribution is -2.43. The fourth-order valence-corrected chi connectivity index (χ4v) is 3.10. The van der Waals surface area contributed by atoms with Gasteiger partial charge >= 0.3 is 0 Å². The molecule has 21 heavy (non-hydrogen) atoms. The lowest BCUT2D eigenvalue weighted by atomic mass is 9.92. The van der Waals surface area contributed by atoms with Crippen LogP contribution < -0.4 is 5.32 Å². The lowest BCUT2D eigenvalue weighted by molar-refractivity contribution is -0.134. The van der Waals surface area contributed by atoms with Crippen molar-refractivity contribution in [1.82, 2.24) is 4.90 Å². The van der Waals surface area contributed by atoms with Crippen molar-refractivity contribution in [2.75, 3.05) is 38.7 Å². The van der Waals surface area contributed by atoms with E-state index in [9.17, 15) is 4.79 Å². The number of carbonyl (C=O) groups excluding carboxylic acids is 1. The highest BCUT2D eigenvalue weighted by molar-refractivity contribution is 5.81. The summed E-state index contributed by atoms with van der Waals surface area (Å²) in [5.41, 5.74) is 3.71. The first-order chi connectivity index (χ1) is 10.3. The van der Waals surface area contributed by atoms with Gasteiger partial charge in [-0.05, 0) is 30.0 Å². The topological polar surface area (TPSA) is 41.6 Å². The van der Waals surface area contributed by atoms with Crippen LogP contribution in [0.5, 0.6) is 0 Å². The van der Waals surface area contributed by atoms with Crippen molar-refractivity contribution >= 4 is 11.6 Å². The van der Waals surface area contributed by atoms with Crippen LogP contribution in [0.3, 0.4) is 0 Å². The van der Waals surface area contributed by atoms with E-state index in [1.807, 2.05) is 17.0 Å². The van der Waals surface area contributed by atoms with Crippen molar-refractivity contribution in [2.24, 2.45) is 5.92 Å². The molecule has 4 heteroatoms. The average Bonchev–Trinajstić information content (AvgIpc) is 2.55. The molecule has 4 nitrogen and oxygen atoms in total. The zero-order valence-corrected chi connectivity index (χ0v) is 12.5. The molecule has 1 aromatic carbocycles. The molecule has 0 spiro atoms. The minimum Gasteiger partial charge on any atom is -0.384 e. The van der Waals surface area contributed by atoms with Gasteiger partial charge in [0.15, 0.2) is 0 Å². The van der Waals surface area contributed by atoms with Gasteiger partial charge in [0.1, 0.15) is 0 Å². The largest absolute Gasteiger partial charge is 0.384 e. The van der Waals surface area contributed by atoms with E-state index >= 15 is 0 Å². The number of fused-ring (bicyclic) bond motifs is 1. The summed E-state index contributed by atoms with van der Waals surface area (Å²) in [4.78, 5) is 14.6. The number of amides is 1. The van der Waals surface area contributed by atoms with E-state index in [2.05, 4.69) is 23.5 Å². The van der Waals surface area contributed by atoms with Gasteiger partial charge in [0.05, 0.1) is 12.5 Å². The molecule has 1 amide bonds. The molecule has 0 radical (unpaired) electrons. The fourth-order valence-electron chi connectivity index (χ4n) is 3.10. The summed E-state index contributed by atoms with van der Waals surface area (Å²) in [7, 11) is 1.71. The molecule has 2 aliphatic heterocycles. The van der Waals surface area contributed by atoms with Crippen molar-refractivity contribution in [1.29, 1.82) is 0 Å². The quantitative estimate of drug-likeness (QED) is 0.865. The van der Waals surface area contributed by atoms with Crippen LogP contribution in [0.4, 0.5) is 5.69 Å². The van der Waals surface area contributed by atoms with Gasteiger partial charge in [-0.2, -0.15) is 0 Å². The minimum atomic E-state index is 0.0530. The molecule has 3 rings (SSSR count). The fraction of sp³-hybridized carbons (Fsp3) is 0.471. The number of benzene rings is 1. The van der Waals surface area contributed by atoms with E-state index in [1.165, 1.54) is 16.8 Å². The Kier molecular flexibility index (Phi) is 4.25. The maximum absolute atomic E-state index is 12.7. The average molecular weight is 286 g/mol. The molecule has 0 saturated heterocycles. The van der Waals surface area contributed by atoms with E-state index < -0.39 is 0 Å². The Bertz CT molecular complexity index is 553. The van der Waals surface area contributed by atoms with Gasteiger partial charge in [0, 0.05) is 32.4 Å². The Morgan fingerprint density at radius 3 is 3.05 bits per heavy atom. The van der Waals surface area contributed by atoms with Crippen LogP contribution in [0.2, 0.25) is 0 Å². The van der Waals surface area contributed by atoms with Gasteiger partial charge in [0.25, 0.3) is 0 Å². The Morgan fingerprint density at radius 2 is 2.29 bits per heavy atom. The first-order valence-corrected chi connectivity index (χ1v) is 7.55. The standard InChI is InChI=1S/C17H22N2O2/c1-21-12-13-6-8-19(9-7-13)17(20)15-10-14-4-2-3-5-16(14)18-11-15/h2-6,15,18H,7-12H2,1H3. The van der Waals surface area contributed by atoms with Gasteiger partial charge < -0.3 is 15.0 Å². The summed E-state index contributed by atoms with van der Waals surface area (Å²) in [6.07, 6.45) is 3.90. The smallest absolute Gasteiger partial charge is 0.228 e. The van der Waals surface area contributed by atoms with Crippen molar-refractivity contribution in [3.05, 3.63) is 41.5 Å². The highest BCUT2D eigenvalue weighted by atomic mass is 16.5. The van der Waals surface area contributed by atoms with Crippen molar-refractivity contribution in [2.45, 2.75) is 12.8 Å². The monoisotopic (exact) mass is 286 g/mol. The van der Waals surface area contributed by atoms with Gasteiger partial charge in [0.2, 0.25) is 5.91 Å². The molecule has 2 heterocycles. The van der Waals surface area contributed by atoms with Gasteiger partial charge in [-0.15, -0.1) is 0 Å². The van der Waals surface area contributed by atoms with Crippen LogP contribution in [-0.2, 0) is 16.0 Å². The molecular formula is C17H22N2O2. The third-order valence-electron chi connectivity index (χ3n) is 4.32. The predicted molar refractivity (Wildman–Crippen MR) is 83.3 cm³/mol. The number of ether oxygens (including phenoxy) is 1. The third kappa shape index (κ3) is 3.10.